The number of carbonyl (C=O) groups excluding carboxylic acids is 2. The van der Waals surface area contributed by atoms with Crippen LogP contribution in [-0.4, -0.2) is 34.3 Å². The van der Waals surface area contributed by atoms with E-state index in [1.54, 1.807) is 30.3 Å². The molecule has 2 aliphatic heterocycles. The van der Waals surface area contributed by atoms with Crippen molar-refractivity contribution in [1.82, 2.24) is 9.80 Å². The fraction of sp³-hybridized carbons (Fsp3) is 0.176. The van der Waals surface area contributed by atoms with E-state index in [1.165, 1.54) is 24.1 Å². The molecule has 3 rings (SSSR count). The Bertz CT molecular complexity index is 806. The molecule has 0 spiro atoms. The van der Waals surface area contributed by atoms with E-state index in [1.807, 2.05) is 0 Å². The minimum Gasteiger partial charge on any atom is -0.311 e. The van der Waals surface area contributed by atoms with E-state index < -0.39 is 12.1 Å². The Balaban J connectivity index is 1.97. The van der Waals surface area contributed by atoms with Crippen LogP contribution < -0.4 is 0 Å². The van der Waals surface area contributed by atoms with E-state index in [2.05, 4.69) is 0 Å². The SMILES string of the molecule is CCN(C=C1C=CN2C(=O)c3ccccc3C2=C1)C(=O)C(F)(F)F. The number of allylic oxidation sites excluding steroid dienone is 3. The van der Waals surface area contributed by atoms with Crippen molar-refractivity contribution in [2.45, 2.75) is 13.1 Å². The largest absolute Gasteiger partial charge is 0.471 e. The fourth-order valence-electron chi connectivity index (χ4n) is 2.64. The first-order valence-corrected chi connectivity index (χ1v) is 7.25. The van der Waals surface area contributed by atoms with Crippen molar-refractivity contribution < 1.29 is 22.8 Å². The molecule has 124 valence electrons. The van der Waals surface area contributed by atoms with Gasteiger partial charge < -0.3 is 4.90 Å². The lowest BCUT2D eigenvalue weighted by atomic mass is 10.1. The van der Waals surface area contributed by atoms with Gasteiger partial charge in [-0.15, -0.1) is 0 Å². The maximum Gasteiger partial charge on any atom is 0.471 e. The number of carbonyl (C=O) groups is 2. The van der Waals surface area contributed by atoms with Gasteiger partial charge in [0.15, 0.2) is 0 Å². The smallest absolute Gasteiger partial charge is 0.311 e. The van der Waals surface area contributed by atoms with Gasteiger partial charge in [-0.25, -0.2) is 0 Å². The van der Waals surface area contributed by atoms with Crippen molar-refractivity contribution in [1.29, 1.82) is 0 Å². The number of amides is 2. The Hall–Kier alpha value is -2.83. The van der Waals surface area contributed by atoms with Gasteiger partial charge in [-0.3, -0.25) is 14.5 Å². The Kier molecular flexibility index (Phi) is 3.79. The summed E-state index contributed by atoms with van der Waals surface area (Å²) < 4.78 is 37.8. The number of halogens is 3. The van der Waals surface area contributed by atoms with Crippen molar-refractivity contribution in [2.24, 2.45) is 0 Å². The first-order chi connectivity index (χ1) is 11.3. The highest BCUT2D eigenvalue weighted by Crippen LogP contribution is 2.36. The van der Waals surface area contributed by atoms with Gasteiger partial charge in [0, 0.05) is 30.1 Å². The summed E-state index contributed by atoms with van der Waals surface area (Å²) >= 11 is 0. The van der Waals surface area contributed by atoms with Gasteiger partial charge in [-0.2, -0.15) is 13.2 Å². The summed E-state index contributed by atoms with van der Waals surface area (Å²) in [6.45, 7) is 1.35. The molecule has 1 aromatic rings. The van der Waals surface area contributed by atoms with Crippen molar-refractivity contribution in [3.05, 3.63) is 65.5 Å². The van der Waals surface area contributed by atoms with Crippen molar-refractivity contribution in [2.75, 3.05) is 6.54 Å². The number of rotatable bonds is 2. The van der Waals surface area contributed by atoms with Crippen LogP contribution >= 0.6 is 0 Å². The number of benzene rings is 1. The number of fused-ring (bicyclic) bond motifs is 3. The van der Waals surface area contributed by atoms with Gasteiger partial charge in [-0.1, -0.05) is 18.2 Å². The molecule has 7 heteroatoms. The van der Waals surface area contributed by atoms with Crippen molar-refractivity contribution in [3.63, 3.8) is 0 Å². The highest BCUT2D eigenvalue weighted by Gasteiger charge is 2.41. The van der Waals surface area contributed by atoms with Crippen LogP contribution in [0.4, 0.5) is 13.2 Å². The fourth-order valence-corrected chi connectivity index (χ4v) is 2.64. The van der Waals surface area contributed by atoms with Gasteiger partial charge in [0.05, 0.1) is 5.70 Å². The van der Waals surface area contributed by atoms with Gasteiger partial charge in [-0.05, 0) is 30.7 Å². The van der Waals surface area contributed by atoms with Crippen LogP contribution in [0.5, 0.6) is 0 Å². The third-order valence-electron chi connectivity index (χ3n) is 3.78. The maximum atomic E-state index is 12.6. The molecule has 0 bridgehead atoms. The molecule has 0 atom stereocenters. The van der Waals surface area contributed by atoms with Crippen LogP contribution in [0.25, 0.3) is 5.70 Å². The van der Waals surface area contributed by atoms with Crippen LogP contribution in [0, 0.1) is 0 Å². The molecule has 0 aliphatic carbocycles. The second kappa shape index (κ2) is 5.67. The maximum absolute atomic E-state index is 12.6. The van der Waals surface area contributed by atoms with Crippen LogP contribution in [-0.2, 0) is 4.79 Å². The summed E-state index contributed by atoms with van der Waals surface area (Å²) in [7, 11) is 0. The molecule has 0 radical (unpaired) electrons. The van der Waals surface area contributed by atoms with E-state index in [-0.39, 0.29) is 12.5 Å². The molecule has 0 unspecified atom stereocenters. The molecule has 2 amide bonds. The molecule has 0 aromatic heterocycles. The minimum atomic E-state index is -4.93. The van der Waals surface area contributed by atoms with E-state index in [0.29, 0.717) is 27.3 Å². The summed E-state index contributed by atoms with van der Waals surface area (Å²) in [6.07, 6.45) is 0.799. The number of nitrogens with zero attached hydrogens (tertiary/aromatic N) is 2. The first kappa shape index (κ1) is 16.0. The zero-order chi connectivity index (χ0) is 17.5. The normalized spacial score (nSPS) is 17.7. The average molecular weight is 334 g/mol. The second-order valence-electron chi connectivity index (χ2n) is 5.28. The average Bonchev–Trinajstić information content (AvgIpc) is 2.84. The van der Waals surface area contributed by atoms with E-state index >= 15 is 0 Å². The summed E-state index contributed by atoms with van der Waals surface area (Å²) in [5.41, 5.74) is 2.24. The van der Waals surface area contributed by atoms with Crippen LogP contribution in [0.15, 0.2) is 54.4 Å². The summed E-state index contributed by atoms with van der Waals surface area (Å²) in [5.74, 6) is -2.11. The quantitative estimate of drug-likeness (QED) is 0.833. The van der Waals surface area contributed by atoms with Crippen LogP contribution in [0.3, 0.4) is 0 Å². The highest BCUT2D eigenvalue weighted by molar-refractivity contribution is 6.10. The van der Waals surface area contributed by atoms with Crippen LogP contribution in [0.1, 0.15) is 22.8 Å². The Morgan fingerprint density at radius 2 is 1.92 bits per heavy atom. The zero-order valence-corrected chi connectivity index (χ0v) is 12.7. The van der Waals surface area contributed by atoms with E-state index in [4.69, 9.17) is 0 Å². The summed E-state index contributed by atoms with van der Waals surface area (Å²) in [4.78, 5) is 25.7. The molecule has 2 heterocycles. The second-order valence-corrected chi connectivity index (χ2v) is 5.28. The molecule has 4 nitrogen and oxygen atoms in total. The minimum absolute atomic E-state index is 0.113. The third kappa shape index (κ3) is 2.62. The van der Waals surface area contributed by atoms with E-state index in [9.17, 15) is 22.8 Å². The number of alkyl halides is 3. The highest BCUT2D eigenvalue weighted by atomic mass is 19.4. The predicted octanol–water partition coefficient (Wildman–Crippen LogP) is 3.31. The molecule has 0 saturated heterocycles. The third-order valence-corrected chi connectivity index (χ3v) is 3.78. The molecule has 24 heavy (non-hydrogen) atoms. The molecule has 0 fully saturated rings. The lowest BCUT2D eigenvalue weighted by Crippen LogP contribution is -2.37. The summed E-state index contributed by atoms with van der Waals surface area (Å²) in [6, 6.07) is 6.99. The van der Waals surface area contributed by atoms with Crippen LogP contribution in [0.2, 0.25) is 0 Å². The Morgan fingerprint density at radius 1 is 1.25 bits per heavy atom. The number of hydrogen-bond donors (Lipinski definition) is 0. The van der Waals surface area contributed by atoms with Crippen molar-refractivity contribution in [3.8, 4) is 0 Å². The molecule has 1 aromatic carbocycles. The Labute approximate surface area is 136 Å². The van der Waals surface area contributed by atoms with Gasteiger partial charge in [0.2, 0.25) is 0 Å². The number of hydrogen-bond acceptors (Lipinski definition) is 2. The van der Waals surface area contributed by atoms with Crippen molar-refractivity contribution >= 4 is 17.5 Å². The topological polar surface area (TPSA) is 40.6 Å². The molecule has 0 N–H and O–H groups in total. The first-order valence-electron chi connectivity index (χ1n) is 7.25. The van der Waals surface area contributed by atoms with Gasteiger partial charge in [0.1, 0.15) is 0 Å². The lowest BCUT2D eigenvalue weighted by Gasteiger charge is -2.21. The van der Waals surface area contributed by atoms with E-state index in [0.717, 1.165) is 6.20 Å². The molecular weight excluding hydrogens is 321 g/mol. The Morgan fingerprint density at radius 3 is 2.54 bits per heavy atom. The monoisotopic (exact) mass is 334 g/mol. The van der Waals surface area contributed by atoms with Gasteiger partial charge in [0.25, 0.3) is 5.91 Å². The lowest BCUT2D eigenvalue weighted by molar-refractivity contribution is -0.182. The van der Waals surface area contributed by atoms with Gasteiger partial charge >= 0.3 is 12.1 Å². The summed E-state index contributed by atoms with van der Waals surface area (Å²) in [5, 5.41) is 0. The zero-order valence-electron chi connectivity index (χ0n) is 12.7. The molecule has 0 saturated carbocycles. The predicted molar refractivity (Wildman–Crippen MR) is 81.3 cm³/mol. The molecular formula is C17H13F3N2O2. The molecule has 2 aliphatic rings. The standard InChI is InChI=1S/C17H13F3N2O2/c1-2-21(16(24)17(18,19)20)10-11-7-8-22-14(9-11)12-5-3-4-6-13(12)15(22)23/h3-10H,2H2,1H3.